The monoisotopic (exact) mass is 253 g/mol. The van der Waals surface area contributed by atoms with Crippen molar-refractivity contribution in [1.82, 2.24) is 4.90 Å². The van der Waals surface area contributed by atoms with E-state index in [1.807, 2.05) is 38.3 Å². The molecule has 1 amide bonds. The lowest BCUT2D eigenvalue weighted by Gasteiger charge is -2.26. The molecule has 0 atom stereocenters. The second kappa shape index (κ2) is 5.87. The molecule has 0 saturated carbocycles. The van der Waals surface area contributed by atoms with E-state index in [1.165, 1.54) is 0 Å². The number of rotatable bonds is 4. The molecule has 0 radical (unpaired) electrons. The Morgan fingerprint density at radius 1 is 1.59 bits per heavy atom. The summed E-state index contributed by atoms with van der Waals surface area (Å²) in [7, 11) is 0. The van der Waals surface area contributed by atoms with Crippen LogP contribution in [0.2, 0.25) is 0 Å². The zero-order chi connectivity index (χ0) is 12.9. The largest absolute Gasteiger partial charge is 0.444 e. The topological polar surface area (TPSA) is 29.5 Å². The lowest BCUT2D eigenvalue weighted by Crippen LogP contribution is -2.36. The molecule has 0 bridgehead atoms. The molecule has 0 unspecified atom stereocenters. The highest BCUT2D eigenvalue weighted by molar-refractivity contribution is 7.09. The predicted molar refractivity (Wildman–Crippen MR) is 71.2 cm³/mol. The van der Waals surface area contributed by atoms with Crippen molar-refractivity contribution in [3.63, 3.8) is 0 Å². The number of carbonyl (C=O) groups excluding carboxylic acids is 1. The van der Waals surface area contributed by atoms with Crippen molar-refractivity contribution in [2.24, 2.45) is 0 Å². The third kappa shape index (κ3) is 5.04. The van der Waals surface area contributed by atoms with E-state index in [0.717, 1.165) is 4.88 Å². The van der Waals surface area contributed by atoms with Gasteiger partial charge in [-0.15, -0.1) is 17.9 Å². The second-order valence-electron chi connectivity index (χ2n) is 4.73. The summed E-state index contributed by atoms with van der Waals surface area (Å²) in [6, 6.07) is 3.98. The van der Waals surface area contributed by atoms with Crippen LogP contribution in [0.25, 0.3) is 0 Å². The maximum Gasteiger partial charge on any atom is 0.410 e. The molecule has 1 rings (SSSR count). The molecule has 0 N–H and O–H groups in total. The molecule has 1 heterocycles. The van der Waals surface area contributed by atoms with Gasteiger partial charge in [-0.2, -0.15) is 0 Å². The molecule has 3 nitrogen and oxygen atoms in total. The van der Waals surface area contributed by atoms with Crippen LogP contribution in [0.4, 0.5) is 4.79 Å². The molecule has 0 aliphatic rings. The average molecular weight is 253 g/mol. The van der Waals surface area contributed by atoms with E-state index < -0.39 is 5.60 Å². The van der Waals surface area contributed by atoms with Crippen LogP contribution in [0.15, 0.2) is 30.2 Å². The van der Waals surface area contributed by atoms with Crippen LogP contribution in [0.5, 0.6) is 0 Å². The standard InChI is InChI=1S/C13H19NO2S/c1-5-8-14(10-11-7-6-9-17-11)12(15)16-13(2,3)4/h5-7,9H,1,8,10H2,2-4H3. The van der Waals surface area contributed by atoms with Crippen LogP contribution in [0.1, 0.15) is 25.6 Å². The van der Waals surface area contributed by atoms with Gasteiger partial charge in [0.2, 0.25) is 0 Å². The summed E-state index contributed by atoms with van der Waals surface area (Å²) in [5.41, 5.74) is -0.466. The lowest BCUT2D eigenvalue weighted by atomic mass is 10.2. The van der Waals surface area contributed by atoms with Crippen molar-refractivity contribution in [1.29, 1.82) is 0 Å². The first-order valence-electron chi connectivity index (χ1n) is 5.53. The summed E-state index contributed by atoms with van der Waals surface area (Å²) < 4.78 is 5.35. The molecule has 0 saturated heterocycles. The summed E-state index contributed by atoms with van der Waals surface area (Å²) in [6.45, 7) is 10.3. The fourth-order valence-electron chi connectivity index (χ4n) is 1.28. The van der Waals surface area contributed by atoms with Gasteiger partial charge in [0.25, 0.3) is 0 Å². The van der Waals surface area contributed by atoms with Crippen LogP contribution in [-0.2, 0) is 11.3 Å². The van der Waals surface area contributed by atoms with Crippen LogP contribution < -0.4 is 0 Å². The van der Waals surface area contributed by atoms with Gasteiger partial charge in [-0.1, -0.05) is 12.1 Å². The van der Waals surface area contributed by atoms with Gasteiger partial charge in [0, 0.05) is 11.4 Å². The summed E-state index contributed by atoms with van der Waals surface area (Å²) >= 11 is 1.63. The van der Waals surface area contributed by atoms with Gasteiger partial charge in [0.15, 0.2) is 0 Å². The molecule has 1 aromatic rings. The molecule has 17 heavy (non-hydrogen) atoms. The Balaban J connectivity index is 2.65. The zero-order valence-corrected chi connectivity index (χ0v) is 11.4. The van der Waals surface area contributed by atoms with E-state index in [9.17, 15) is 4.79 Å². The quantitative estimate of drug-likeness (QED) is 0.766. The Kier molecular flexibility index (Phi) is 4.75. The van der Waals surface area contributed by atoms with Gasteiger partial charge < -0.3 is 4.74 Å². The van der Waals surface area contributed by atoms with Crippen molar-refractivity contribution in [2.75, 3.05) is 6.54 Å². The van der Waals surface area contributed by atoms with Gasteiger partial charge in [0.05, 0.1) is 6.54 Å². The van der Waals surface area contributed by atoms with Gasteiger partial charge in [-0.3, -0.25) is 4.90 Å². The van der Waals surface area contributed by atoms with E-state index in [1.54, 1.807) is 22.3 Å². The normalized spacial score (nSPS) is 11.0. The molecular weight excluding hydrogens is 234 g/mol. The van der Waals surface area contributed by atoms with Crippen LogP contribution in [0, 0.1) is 0 Å². The van der Waals surface area contributed by atoms with Crippen molar-refractivity contribution < 1.29 is 9.53 Å². The van der Waals surface area contributed by atoms with Crippen molar-refractivity contribution >= 4 is 17.4 Å². The molecule has 0 aliphatic heterocycles. The average Bonchev–Trinajstić information content (AvgIpc) is 2.67. The van der Waals surface area contributed by atoms with Crippen molar-refractivity contribution in [3.05, 3.63) is 35.0 Å². The van der Waals surface area contributed by atoms with E-state index in [0.29, 0.717) is 13.1 Å². The van der Waals surface area contributed by atoms with Crippen LogP contribution >= 0.6 is 11.3 Å². The zero-order valence-electron chi connectivity index (χ0n) is 10.6. The van der Waals surface area contributed by atoms with E-state index in [4.69, 9.17) is 4.74 Å². The molecule has 1 aromatic heterocycles. The Hall–Kier alpha value is -1.29. The number of nitrogens with zero attached hydrogens (tertiary/aromatic N) is 1. The minimum atomic E-state index is -0.466. The first-order chi connectivity index (χ1) is 7.92. The fraction of sp³-hybridized carbons (Fsp3) is 0.462. The first kappa shape index (κ1) is 13.8. The fourth-order valence-corrected chi connectivity index (χ4v) is 2.00. The Morgan fingerprint density at radius 3 is 2.76 bits per heavy atom. The molecule has 0 spiro atoms. The van der Waals surface area contributed by atoms with Crippen LogP contribution in [0.3, 0.4) is 0 Å². The number of amides is 1. The van der Waals surface area contributed by atoms with Gasteiger partial charge >= 0.3 is 6.09 Å². The number of carbonyl (C=O) groups is 1. The Bertz CT molecular complexity index is 365. The van der Waals surface area contributed by atoms with E-state index in [2.05, 4.69) is 6.58 Å². The van der Waals surface area contributed by atoms with Crippen LogP contribution in [-0.4, -0.2) is 23.1 Å². The third-order valence-corrected chi connectivity index (χ3v) is 2.79. The SMILES string of the molecule is C=CCN(Cc1cccs1)C(=O)OC(C)(C)C. The van der Waals surface area contributed by atoms with Gasteiger partial charge in [0.1, 0.15) is 5.60 Å². The van der Waals surface area contributed by atoms with E-state index >= 15 is 0 Å². The maximum atomic E-state index is 11.9. The molecule has 0 fully saturated rings. The number of ether oxygens (including phenoxy) is 1. The second-order valence-corrected chi connectivity index (χ2v) is 5.76. The van der Waals surface area contributed by atoms with Gasteiger partial charge in [-0.25, -0.2) is 4.79 Å². The Labute approximate surface area is 107 Å². The Morgan fingerprint density at radius 2 is 2.29 bits per heavy atom. The predicted octanol–water partition coefficient (Wildman–Crippen LogP) is 3.67. The first-order valence-corrected chi connectivity index (χ1v) is 6.41. The number of thiophene rings is 1. The van der Waals surface area contributed by atoms with Crippen molar-refractivity contribution in [3.8, 4) is 0 Å². The summed E-state index contributed by atoms with van der Waals surface area (Å²) in [5, 5.41) is 2.00. The molecular formula is C13H19NO2S. The van der Waals surface area contributed by atoms with Crippen molar-refractivity contribution in [2.45, 2.75) is 32.9 Å². The maximum absolute atomic E-state index is 11.9. The third-order valence-electron chi connectivity index (χ3n) is 1.93. The highest BCUT2D eigenvalue weighted by Gasteiger charge is 2.21. The highest BCUT2D eigenvalue weighted by Crippen LogP contribution is 2.15. The number of hydrogen-bond acceptors (Lipinski definition) is 3. The molecule has 0 aliphatic carbocycles. The number of hydrogen-bond donors (Lipinski definition) is 0. The minimum absolute atomic E-state index is 0.300. The summed E-state index contributed by atoms with van der Waals surface area (Å²) in [6.07, 6.45) is 1.41. The summed E-state index contributed by atoms with van der Waals surface area (Å²) in [5.74, 6) is 0. The highest BCUT2D eigenvalue weighted by atomic mass is 32.1. The van der Waals surface area contributed by atoms with E-state index in [-0.39, 0.29) is 6.09 Å². The minimum Gasteiger partial charge on any atom is -0.444 e. The summed E-state index contributed by atoms with van der Waals surface area (Å²) in [4.78, 5) is 14.7. The van der Waals surface area contributed by atoms with Gasteiger partial charge in [-0.05, 0) is 32.2 Å². The lowest BCUT2D eigenvalue weighted by molar-refractivity contribution is 0.0258. The smallest absolute Gasteiger partial charge is 0.410 e. The molecule has 0 aromatic carbocycles. The molecule has 4 heteroatoms. The molecule has 94 valence electrons.